The van der Waals surface area contributed by atoms with Gasteiger partial charge in [-0.25, -0.2) is 0 Å². The van der Waals surface area contributed by atoms with E-state index in [4.69, 9.17) is 4.74 Å². The average molecular weight is 474 g/mol. The SMILES string of the molecule is CCN(CCNC(=NC)N1CCC(c2ccc(OC)cc2)C1)C(C)C.I. The van der Waals surface area contributed by atoms with Crippen LogP contribution in [0.3, 0.4) is 0 Å². The molecule has 1 fully saturated rings. The summed E-state index contributed by atoms with van der Waals surface area (Å²) in [4.78, 5) is 9.32. The van der Waals surface area contributed by atoms with E-state index in [1.165, 1.54) is 12.0 Å². The number of guanidine groups is 1. The highest BCUT2D eigenvalue weighted by molar-refractivity contribution is 14.0. The second-order valence-electron chi connectivity index (χ2n) is 6.90. The van der Waals surface area contributed by atoms with Crippen molar-refractivity contribution < 1.29 is 4.74 Å². The summed E-state index contributed by atoms with van der Waals surface area (Å²) in [6.45, 7) is 11.9. The number of likely N-dealkylation sites (tertiary alicyclic amines) is 1. The Labute approximate surface area is 176 Å². The van der Waals surface area contributed by atoms with Gasteiger partial charge in [-0.15, -0.1) is 24.0 Å². The van der Waals surface area contributed by atoms with Gasteiger partial charge in [0.25, 0.3) is 0 Å². The normalized spacial score (nSPS) is 17.6. The summed E-state index contributed by atoms with van der Waals surface area (Å²) in [6, 6.07) is 9.06. The van der Waals surface area contributed by atoms with Crippen LogP contribution in [-0.4, -0.2) is 68.7 Å². The summed E-state index contributed by atoms with van der Waals surface area (Å²) in [5, 5.41) is 3.54. The van der Waals surface area contributed by atoms with Gasteiger partial charge in [-0.3, -0.25) is 9.89 Å². The molecule has 0 aromatic heterocycles. The average Bonchev–Trinajstić information content (AvgIpc) is 3.11. The van der Waals surface area contributed by atoms with Gasteiger partial charge >= 0.3 is 0 Å². The number of aliphatic imine (C=N–C) groups is 1. The first kappa shape index (κ1) is 23.0. The van der Waals surface area contributed by atoms with E-state index < -0.39 is 0 Å². The number of likely N-dealkylation sites (N-methyl/N-ethyl adjacent to an activating group) is 1. The number of halogens is 1. The Kier molecular flexibility index (Phi) is 10.3. The zero-order valence-corrected chi connectivity index (χ0v) is 19.2. The van der Waals surface area contributed by atoms with Crippen LogP contribution in [0.5, 0.6) is 5.75 Å². The lowest BCUT2D eigenvalue weighted by atomic mass is 9.98. The maximum atomic E-state index is 5.25. The maximum Gasteiger partial charge on any atom is 0.193 e. The van der Waals surface area contributed by atoms with Crippen LogP contribution in [0, 0.1) is 0 Å². The molecule has 0 radical (unpaired) electrons. The van der Waals surface area contributed by atoms with Gasteiger partial charge in [-0.05, 0) is 44.5 Å². The quantitative estimate of drug-likeness (QED) is 0.374. The summed E-state index contributed by atoms with van der Waals surface area (Å²) in [5.41, 5.74) is 1.38. The number of hydrogen-bond acceptors (Lipinski definition) is 3. The smallest absolute Gasteiger partial charge is 0.193 e. The predicted molar refractivity (Wildman–Crippen MR) is 121 cm³/mol. The van der Waals surface area contributed by atoms with Crippen LogP contribution in [0.15, 0.2) is 29.3 Å². The highest BCUT2D eigenvalue weighted by atomic mass is 127. The third kappa shape index (κ3) is 6.30. The van der Waals surface area contributed by atoms with Crippen LogP contribution < -0.4 is 10.1 Å². The monoisotopic (exact) mass is 474 g/mol. The number of hydrogen-bond donors (Lipinski definition) is 1. The van der Waals surface area contributed by atoms with Crippen molar-refractivity contribution in [2.24, 2.45) is 4.99 Å². The van der Waals surface area contributed by atoms with Crippen LogP contribution in [-0.2, 0) is 0 Å². The van der Waals surface area contributed by atoms with Gasteiger partial charge < -0.3 is 15.0 Å². The Morgan fingerprint density at radius 3 is 2.58 bits per heavy atom. The molecule has 1 saturated heterocycles. The van der Waals surface area contributed by atoms with E-state index in [-0.39, 0.29) is 24.0 Å². The second kappa shape index (κ2) is 11.6. The highest BCUT2D eigenvalue weighted by Crippen LogP contribution is 2.28. The Balaban J connectivity index is 0.00000338. The summed E-state index contributed by atoms with van der Waals surface area (Å²) < 4.78 is 5.25. The Morgan fingerprint density at radius 2 is 2.04 bits per heavy atom. The molecule has 1 aromatic rings. The van der Waals surface area contributed by atoms with Crippen molar-refractivity contribution in [3.8, 4) is 5.75 Å². The van der Waals surface area contributed by atoms with E-state index in [9.17, 15) is 0 Å². The molecule has 0 aliphatic carbocycles. The van der Waals surface area contributed by atoms with Gasteiger partial charge in [0.2, 0.25) is 0 Å². The lowest BCUT2D eigenvalue weighted by Crippen LogP contribution is -2.44. The topological polar surface area (TPSA) is 40.1 Å². The van der Waals surface area contributed by atoms with Crippen molar-refractivity contribution in [3.05, 3.63) is 29.8 Å². The summed E-state index contributed by atoms with van der Waals surface area (Å²) in [6.07, 6.45) is 1.17. The minimum atomic E-state index is 0. The molecule has 6 heteroatoms. The Hall–Kier alpha value is -1.02. The molecule has 1 atom stereocenters. The number of rotatable bonds is 7. The highest BCUT2D eigenvalue weighted by Gasteiger charge is 2.26. The van der Waals surface area contributed by atoms with Crippen LogP contribution in [0.2, 0.25) is 0 Å². The van der Waals surface area contributed by atoms with E-state index in [2.05, 4.69) is 65.1 Å². The second-order valence-corrected chi connectivity index (χ2v) is 6.90. The number of ether oxygens (including phenoxy) is 1. The largest absolute Gasteiger partial charge is 0.497 e. The van der Waals surface area contributed by atoms with Crippen LogP contribution in [0.4, 0.5) is 0 Å². The van der Waals surface area contributed by atoms with Crippen molar-refractivity contribution in [3.63, 3.8) is 0 Å². The predicted octanol–water partition coefficient (Wildman–Crippen LogP) is 3.41. The molecule has 0 amide bonds. The minimum Gasteiger partial charge on any atom is -0.497 e. The molecule has 148 valence electrons. The molecular formula is C20H35IN4O. The first-order valence-corrected chi connectivity index (χ1v) is 9.42. The van der Waals surface area contributed by atoms with E-state index in [0.717, 1.165) is 44.4 Å². The van der Waals surface area contributed by atoms with Gasteiger partial charge in [0, 0.05) is 45.2 Å². The van der Waals surface area contributed by atoms with Crippen molar-refractivity contribution in [1.29, 1.82) is 0 Å². The first-order valence-electron chi connectivity index (χ1n) is 9.42. The van der Waals surface area contributed by atoms with Crippen molar-refractivity contribution >= 4 is 29.9 Å². The minimum absolute atomic E-state index is 0. The van der Waals surface area contributed by atoms with E-state index in [1.807, 2.05) is 7.05 Å². The third-order valence-corrected chi connectivity index (χ3v) is 5.11. The number of nitrogens with zero attached hydrogens (tertiary/aromatic N) is 3. The molecule has 1 heterocycles. The zero-order valence-electron chi connectivity index (χ0n) is 16.9. The number of methoxy groups -OCH3 is 1. The van der Waals surface area contributed by atoms with Gasteiger partial charge in [-0.2, -0.15) is 0 Å². The van der Waals surface area contributed by atoms with E-state index in [1.54, 1.807) is 7.11 Å². The van der Waals surface area contributed by atoms with Crippen molar-refractivity contribution in [2.75, 3.05) is 46.9 Å². The number of benzene rings is 1. The first-order chi connectivity index (χ1) is 12.1. The van der Waals surface area contributed by atoms with Crippen molar-refractivity contribution in [2.45, 2.75) is 39.2 Å². The molecule has 1 N–H and O–H groups in total. The summed E-state index contributed by atoms with van der Waals surface area (Å²) in [5.74, 6) is 2.50. The van der Waals surface area contributed by atoms with Gasteiger partial charge in [0.15, 0.2) is 5.96 Å². The number of nitrogens with one attached hydrogen (secondary N) is 1. The molecule has 5 nitrogen and oxygen atoms in total. The fourth-order valence-corrected chi connectivity index (χ4v) is 3.53. The van der Waals surface area contributed by atoms with Crippen molar-refractivity contribution in [1.82, 2.24) is 15.1 Å². The molecule has 0 spiro atoms. The molecule has 0 saturated carbocycles. The molecule has 0 bridgehead atoms. The Morgan fingerprint density at radius 1 is 1.35 bits per heavy atom. The molecule has 26 heavy (non-hydrogen) atoms. The standard InChI is InChI=1S/C20H34N4O.HI/c1-6-23(16(2)3)14-12-22-20(21-4)24-13-11-18(15-24)17-7-9-19(25-5)10-8-17;/h7-10,16,18H,6,11-15H2,1-5H3,(H,21,22);1H. The van der Waals surface area contributed by atoms with E-state index in [0.29, 0.717) is 12.0 Å². The summed E-state index contributed by atoms with van der Waals surface area (Å²) >= 11 is 0. The Bertz CT molecular complexity index is 547. The molecule has 1 aliphatic rings. The fraction of sp³-hybridized carbons (Fsp3) is 0.650. The fourth-order valence-electron chi connectivity index (χ4n) is 3.53. The summed E-state index contributed by atoms with van der Waals surface area (Å²) in [7, 11) is 3.59. The third-order valence-electron chi connectivity index (χ3n) is 5.11. The van der Waals surface area contributed by atoms with Gasteiger partial charge in [-0.1, -0.05) is 19.1 Å². The molecule has 1 unspecified atom stereocenters. The lowest BCUT2D eigenvalue weighted by molar-refractivity contribution is 0.236. The zero-order chi connectivity index (χ0) is 18.2. The maximum absolute atomic E-state index is 5.25. The molecular weight excluding hydrogens is 439 g/mol. The molecule has 1 aromatic carbocycles. The lowest BCUT2D eigenvalue weighted by Gasteiger charge is -2.27. The van der Waals surface area contributed by atoms with Crippen LogP contribution in [0.1, 0.15) is 38.7 Å². The molecule has 1 aliphatic heterocycles. The van der Waals surface area contributed by atoms with Gasteiger partial charge in [0.05, 0.1) is 7.11 Å². The molecule has 2 rings (SSSR count). The van der Waals surface area contributed by atoms with Crippen LogP contribution >= 0.6 is 24.0 Å². The van der Waals surface area contributed by atoms with Crippen LogP contribution in [0.25, 0.3) is 0 Å². The van der Waals surface area contributed by atoms with E-state index >= 15 is 0 Å². The van der Waals surface area contributed by atoms with Gasteiger partial charge in [0.1, 0.15) is 5.75 Å².